The van der Waals surface area contributed by atoms with Gasteiger partial charge in [0.25, 0.3) is 0 Å². The zero-order valence-corrected chi connectivity index (χ0v) is 11.1. The van der Waals surface area contributed by atoms with Crippen molar-refractivity contribution in [3.63, 3.8) is 0 Å². The molecule has 1 aliphatic rings. The van der Waals surface area contributed by atoms with Gasteiger partial charge in [0, 0.05) is 15.8 Å². The monoisotopic (exact) mass is 291 g/mol. The third-order valence-electron chi connectivity index (χ3n) is 3.32. The Morgan fingerprint density at radius 2 is 1.94 bits per heavy atom. The maximum atomic E-state index is 4.37. The molecule has 1 aromatic heterocycles. The minimum absolute atomic E-state index is 0.562. The Hall–Kier alpha value is -1.00. The van der Waals surface area contributed by atoms with Crippen LogP contribution in [-0.4, -0.2) is 23.3 Å². The number of hydrogen-bond donors (Lipinski definition) is 1. The fourth-order valence-electron chi connectivity index (χ4n) is 2.35. The lowest BCUT2D eigenvalue weighted by atomic mass is 9.94. The molecule has 1 aromatic carbocycles. The predicted octanol–water partition coefficient (Wildman–Crippen LogP) is 2.86. The molecular weight excluding hydrogens is 278 g/mol. The zero-order valence-electron chi connectivity index (χ0n) is 9.49. The molecule has 1 saturated heterocycles. The summed E-state index contributed by atoms with van der Waals surface area (Å²) in [4.78, 5) is 0. The van der Waals surface area contributed by atoms with Crippen molar-refractivity contribution < 1.29 is 0 Å². The van der Waals surface area contributed by atoms with E-state index in [1.165, 1.54) is 5.39 Å². The van der Waals surface area contributed by atoms with E-state index in [0.29, 0.717) is 5.92 Å². The number of nitrogens with one attached hydrogen (secondary N) is 1. The number of nitrogens with zero attached hydrogens (tertiary/aromatic N) is 2. The molecule has 2 aromatic rings. The van der Waals surface area contributed by atoms with Crippen molar-refractivity contribution in [1.29, 1.82) is 0 Å². The highest BCUT2D eigenvalue weighted by molar-refractivity contribution is 9.10. The number of hydrogen-bond acceptors (Lipinski definition) is 3. The van der Waals surface area contributed by atoms with Gasteiger partial charge in [0.15, 0.2) is 0 Å². The predicted molar refractivity (Wildman–Crippen MR) is 72.1 cm³/mol. The average Bonchev–Trinajstić information content (AvgIpc) is 2.39. The third-order valence-corrected chi connectivity index (χ3v) is 3.82. The number of fused-ring (bicyclic) bond motifs is 1. The Bertz CT molecular complexity index is 535. The Morgan fingerprint density at radius 3 is 2.76 bits per heavy atom. The van der Waals surface area contributed by atoms with Gasteiger partial charge in [0.05, 0.1) is 11.2 Å². The van der Waals surface area contributed by atoms with Crippen LogP contribution in [0.5, 0.6) is 0 Å². The quantitative estimate of drug-likeness (QED) is 0.878. The second-order valence-electron chi connectivity index (χ2n) is 4.50. The highest BCUT2D eigenvalue weighted by Gasteiger charge is 2.17. The Morgan fingerprint density at radius 1 is 1.12 bits per heavy atom. The minimum atomic E-state index is 0.562. The molecule has 1 fully saturated rings. The summed E-state index contributed by atoms with van der Waals surface area (Å²) in [5, 5.41) is 13.2. The lowest BCUT2D eigenvalue weighted by Gasteiger charge is -2.21. The van der Waals surface area contributed by atoms with Crippen molar-refractivity contribution in [2.75, 3.05) is 13.1 Å². The topological polar surface area (TPSA) is 37.8 Å². The van der Waals surface area contributed by atoms with Crippen molar-refractivity contribution >= 4 is 26.8 Å². The molecular formula is C13H14BrN3. The van der Waals surface area contributed by atoms with E-state index in [4.69, 9.17) is 0 Å². The number of aromatic nitrogens is 2. The summed E-state index contributed by atoms with van der Waals surface area (Å²) in [5.74, 6) is 0.562. The molecule has 0 amide bonds. The van der Waals surface area contributed by atoms with Crippen molar-refractivity contribution in [1.82, 2.24) is 15.5 Å². The van der Waals surface area contributed by atoms with Crippen molar-refractivity contribution in [2.24, 2.45) is 0 Å². The molecule has 0 radical (unpaired) electrons. The van der Waals surface area contributed by atoms with E-state index < -0.39 is 0 Å². The lowest BCUT2D eigenvalue weighted by Crippen LogP contribution is -2.27. The minimum Gasteiger partial charge on any atom is -0.317 e. The molecule has 0 spiro atoms. The summed E-state index contributed by atoms with van der Waals surface area (Å²) < 4.78 is 1.09. The molecule has 0 unspecified atom stereocenters. The highest BCUT2D eigenvalue weighted by Crippen LogP contribution is 2.26. The highest BCUT2D eigenvalue weighted by atomic mass is 79.9. The Labute approximate surface area is 109 Å². The first kappa shape index (κ1) is 11.1. The first-order valence-corrected chi connectivity index (χ1v) is 6.76. The van der Waals surface area contributed by atoms with Crippen LogP contribution in [0.3, 0.4) is 0 Å². The summed E-state index contributed by atoms with van der Waals surface area (Å²) in [6.45, 7) is 2.17. The van der Waals surface area contributed by atoms with Crippen LogP contribution in [0, 0.1) is 0 Å². The first-order chi connectivity index (χ1) is 8.33. The molecule has 0 aliphatic carbocycles. The van der Waals surface area contributed by atoms with E-state index in [9.17, 15) is 0 Å². The van der Waals surface area contributed by atoms with E-state index in [0.717, 1.165) is 41.6 Å². The van der Waals surface area contributed by atoms with E-state index >= 15 is 0 Å². The third kappa shape index (κ3) is 2.33. The molecule has 2 heterocycles. The van der Waals surface area contributed by atoms with Gasteiger partial charge >= 0.3 is 0 Å². The van der Waals surface area contributed by atoms with Gasteiger partial charge in [-0.15, -0.1) is 0 Å². The van der Waals surface area contributed by atoms with Gasteiger partial charge in [0.1, 0.15) is 0 Å². The summed E-state index contributed by atoms with van der Waals surface area (Å²) in [7, 11) is 0. The van der Waals surface area contributed by atoms with Gasteiger partial charge < -0.3 is 5.32 Å². The van der Waals surface area contributed by atoms with Gasteiger partial charge in [-0.3, -0.25) is 0 Å². The van der Waals surface area contributed by atoms with Crippen molar-refractivity contribution in [3.05, 3.63) is 34.4 Å². The normalized spacial score (nSPS) is 17.5. The molecule has 0 atom stereocenters. The fraction of sp³-hybridized carbons (Fsp3) is 0.385. The van der Waals surface area contributed by atoms with Crippen LogP contribution in [0.25, 0.3) is 10.9 Å². The number of rotatable bonds is 1. The first-order valence-electron chi connectivity index (χ1n) is 5.96. The van der Waals surface area contributed by atoms with Gasteiger partial charge in [-0.1, -0.05) is 15.9 Å². The summed E-state index contributed by atoms with van der Waals surface area (Å²) in [5.41, 5.74) is 2.10. The van der Waals surface area contributed by atoms with Crippen LogP contribution in [0.2, 0.25) is 0 Å². The number of piperidine rings is 1. The molecule has 1 aliphatic heterocycles. The second kappa shape index (κ2) is 4.70. The van der Waals surface area contributed by atoms with E-state index in [1.54, 1.807) is 0 Å². The largest absolute Gasteiger partial charge is 0.317 e. The Balaban J connectivity index is 1.99. The molecule has 1 N–H and O–H groups in total. The maximum Gasteiger partial charge on any atom is 0.0930 e. The van der Waals surface area contributed by atoms with Gasteiger partial charge in [-0.2, -0.15) is 10.2 Å². The van der Waals surface area contributed by atoms with Crippen molar-refractivity contribution in [2.45, 2.75) is 18.8 Å². The molecule has 3 rings (SSSR count). The standard InChI is InChI=1S/C13H14BrN3/c14-11-1-2-12-10(7-11)8-13(17-16-12)9-3-5-15-6-4-9/h1-2,7-9,15H,3-6H2. The van der Waals surface area contributed by atoms with Crippen LogP contribution in [0.4, 0.5) is 0 Å². The molecule has 4 heteroatoms. The van der Waals surface area contributed by atoms with Crippen LogP contribution in [-0.2, 0) is 0 Å². The fourth-order valence-corrected chi connectivity index (χ4v) is 2.73. The van der Waals surface area contributed by atoms with E-state index in [-0.39, 0.29) is 0 Å². The SMILES string of the molecule is Brc1ccc2nnc(C3CCNCC3)cc2c1. The number of halogens is 1. The molecule has 0 bridgehead atoms. The average molecular weight is 292 g/mol. The van der Waals surface area contributed by atoms with Crippen molar-refractivity contribution in [3.8, 4) is 0 Å². The van der Waals surface area contributed by atoms with Gasteiger partial charge in [-0.25, -0.2) is 0 Å². The zero-order chi connectivity index (χ0) is 11.7. The van der Waals surface area contributed by atoms with E-state index in [2.05, 4.69) is 43.6 Å². The van der Waals surface area contributed by atoms with Crippen LogP contribution in [0.15, 0.2) is 28.7 Å². The molecule has 3 nitrogen and oxygen atoms in total. The summed E-state index contributed by atoms with van der Waals surface area (Å²) in [6, 6.07) is 8.29. The summed E-state index contributed by atoms with van der Waals surface area (Å²) >= 11 is 3.49. The van der Waals surface area contributed by atoms with E-state index in [1.807, 2.05) is 12.1 Å². The van der Waals surface area contributed by atoms with Crippen LogP contribution < -0.4 is 5.32 Å². The molecule has 17 heavy (non-hydrogen) atoms. The van der Waals surface area contributed by atoms with Gasteiger partial charge in [0.2, 0.25) is 0 Å². The Kier molecular flexibility index (Phi) is 3.07. The lowest BCUT2D eigenvalue weighted by molar-refractivity contribution is 0.451. The molecule has 0 saturated carbocycles. The van der Waals surface area contributed by atoms with Crippen LogP contribution in [0.1, 0.15) is 24.5 Å². The maximum absolute atomic E-state index is 4.37. The summed E-state index contributed by atoms with van der Waals surface area (Å²) in [6.07, 6.45) is 2.32. The van der Waals surface area contributed by atoms with Crippen LogP contribution >= 0.6 is 15.9 Å². The van der Waals surface area contributed by atoms with Gasteiger partial charge in [-0.05, 0) is 50.2 Å². The molecule has 88 valence electrons. The second-order valence-corrected chi connectivity index (χ2v) is 5.41. The number of benzene rings is 1. The smallest absolute Gasteiger partial charge is 0.0930 e.